The summed E-state index contributed by atoms with van der Waals surface area (Å²) in [5, 5.41) is 0. The molecular formula is C18H19NO4S. The molecule has 2 aromatic carbocycles. The SMILES string of the molecule is COc1cccc(S(=O)(=O)NC(=O)[C@H]2C[C@@H]2c2cccc(C)c2)c1. The Balaban J connectivity index is 1.71. The van der Waals surface area contributed by atoms with Crippen molar-refractivity contribution in [3.63, 3.8) is 0 Å². The Kier molecular flexibility index (Phi) is 4.32. The first-order chi connectivity index (χ1) is 11.4. The van der Waals surface area contributed by atoms with Gasteiger partial charge in [0.25, 0.3) is 10.0 Å². The molecule has 5 nitrogen and oxygen atoms in total. The van der Waals surface area contributed by atoms with Gasteiger partial charge in [-0.25, -0.2) is 13.1 Å². The summed E-state index contributed by atoms with van der Waals surface area (Å²) < 4.78 is 31.9. The molecule has 0 radical (unpaired) electrons. The van der Waals surface area contributed by atoms with E-state index in [-0.39, 0.29) is 16.7 Å². The van der Waals surface area contributed by atoms with E-state index in [0.717, 1.165) is 11.1 Å². The number of sulfonamides is 1. The van der Waals surface area contributed by atoms with Crippen LogP contribution in [-0.4, -0.2) is 21.4 Å². The highest BCUT2D eigenvalue weighted by molar-refractivity contribution is 7.90. The van der Waals surface area contributed by atoms with Gasteiger partial charge in [-0.05, 0) is 37.0 Å². The van der Waals surface area contributed by atoms with Crippen LogP contribution in [0.4, 0.5) is 0 Å². The van der Waals surface area contributed by atoms with Crippen LogP contribution in [0.5, 0.6) is 5.75 Å². The lowest BCUT2D eigenvalue weighted by Crippen LogP contribution is -2.32. The van der Waals surface area contributed by atoms with Crippen LogP contribution in [0.1, 0.15) is 23.5 Å². The molecule has 0 aromatic heterocycles. The largest absolute Gasteiger partial charge is 0.497 e. The number of rotatable bonds is 5. The van der Waals surface area contributed by atoms with Crippen molar-refractivity contribution in [1.29, 1.82) is 0 Å². The van der Waals surface area contributed by atoms with Crippen LogP contribution in [0.2, 0.25) is 0 Å². The van der Waals surface area contributed by atoms with E-state index in [9.17, 15) is 13.2 Å². The number of amides is 1. The smallest absolute Gasteiger partial charge is 0.264 e. The van der Waals surface area contributed by atoms with Crippen molar-refractivity contribution in [3.8, 4) is 5.75 Å². The maximum absolute atomic E-state index is 12.4. The van der Waals surface area contributed by atoms with Gasteiger partial charge in [-0.2, -0.15) is 0 Å². The van der Waals surface area contributed by atoms with Gasteiger partial charge in [0.2, 0.25) is 5.91 Å². The molecule has 0 unspecified atom stereocenters. The Morgan fingerprint density at radius 1 is 1.17 bits per heavy atom. The molecule has 126 valence electrons. The summed E-state index contributed by atoms with van der Waals surface area (Å²) in [5.74, 6) is -0.240. The number of hydrogen-bond acceptors (Lipinski definition) is 4. The summed E-state index contributed by atoms with van der Waals surface area (Å²) in [6.45, 7) is 1.99. The minimum absolute atomic E-state index is 0.0166. The molecule has 0 saturated heterocycles. The molecule has 1 saturated carbocycles. The molecule has 2 atom stereocenters. The summed E-state index contributed by atoms with van der Waals surface area (Å²) in [7, 11) is -2.43. The zero-order valence-electron chi connectivity index (χ0n) is 13.5. The van der Waals surface area contributed by atoms with E-state index in [0.29, 0.717) is 12.2 Å². The molecule has 1 aliphatic carbocycles. The first-order valence-electron chi connectivity index (χ1n) is 7.68. The van der Waals surface area contributed by atoms with Gasteiger partial charge < -0.3 is 4.74 Å². The highest BCUT2D eigenvalue weighted by Crippen LogP contribution is 2.47. The molecule has 1 aliphatic rings. The van der Waals surface area contributed by atoms with Crippen molar-refractivity contribution in [2.24, 2.45) is 5.92 Å². The first-order valence-corrected chi connectivity index (χ1v) is 9.16. The lowest BCUT2D eigenvalue weighted by Gasteiger charge is -2.08. The van der Waals surface area contributed by atoms with Crippen LogP contribution in [0.3, 0.4) is 0 Å². The molecule has 1 amide bonds. The van der Waals surface area contributed by atoms with Crippen molar-refractivity contribution >= 4 is 15.9 Å². The standard InChI is InChI=1S/C18H19NO4S/c1-12-5-3-6-13(9-12)16-11-17(16)18(20)19-24(21,22)15-8-4-7-14(10-15)23-2/h3-10,16-17H,11H2,1-2H3,(H,19,20)/t16-,17+/m1/s1. The Labute approximate surface area is 141 Å². The van der Waals surface area contributed by atoms with Crippen LogP contribution >= 0.6 is 0 Å². The quantitative estimate of drug-likeness (QED) is 0.904. The minimum Gasteiger partial charge on any atom is -0.497 e. The average Bonchev–Trinajstić information content (AvgIpc) is 3.35. The number of ether oxygens (including phenoxy) is 1. The van der Waals surface area contributed by atoms with Gasteiger partial charge in [0, 0.05) is 12.0 Å². The maximum atomic E-state index is 12.4. The topological polar surface area (TPSA) is 72.5 Å². The first kappa shape index (κ1) is 16.5. The number of aryl methyl sites for hydroxylation is 1. The van der Waals surface area contributed by atoms with E-state index in [1.54, 1.807) is 12.1 Å². The molecule has 1 N–H and O–H groups in total. The lowest BCUT2D eigenvalue weighted by atomic mass is 10.1. The van der Waals surface area contributed by atoms with Crippen LogP contribution in [0.15, 0.2) is 53.4 Å². The summed E-state index contributed by atoms with van der Waals surface area (Å²) in [4.78, 5) is 12.3. The summed E-state index contributed by atoms with van der Waals surface area (Å²) >= 11 is 0. The Morgan fingerprint density at radius 3 is 2.62 bits per heavy atom. The zero-order valence-corrected chi connectivity index (χ0v) is 14.3. The van der Waals surface area contributed by atoms with E-state index in [2.05, 4.69) is 4.72 Å². The molecular weight excluding hydrogens is 326 g/mol. The van der Waals surface area contributed by atoms with Crippen molar-refractivity contribution in [2.75, 3.05) is 7.11 Å². The highest BCUT2D eigenvalue weighted by atomic mass is 32.2. The summed E-state index contributed by atoms with van der Waals surface area (Å²) in [6.07, 6.45) is 0.670. The van der Waals surface area contributed by atoms with E-state index in [1.807, 2.05) is 31.2 Å². The molecule has 2 aromatic rings. The van der Waals surface area contributed by atoms with Gasteiger partial charge in [0.15, 0.2) is 0 Å². The predicted octanol–water partition coefficient (Wildman–Crippen LogP) is 2.61. The minimum atomic E-state index is -3.89. The Morgan fingerprint density at radius 2 is 1.92 bits per heavy atom. The molecule has 0 aliphatic heterocycles. The lowest BCUT2D eigenvalue weighted by molar-refractivity contribution is -0.120. The Hall–Kier alpha value is -2.34. The van der Waals surface area contributed by atoms with Crippen LogP contribution < -0.4 is 9.46 Å². The second-order valence-electron chi connectivity index (χ2n) is 6.01. The van der Waals surface area contributed by atoms with E-state index in [4.69, 9.17) is 4.74 Å². The van der Waals surface area contributed by atoms with Gasteiger partial charge in [0.1, 0.15) is 5.75 Å². The maximum Gasteiger partial charge on any atom is 0.264 e. The fourth-order valence-corrected chi connectivity index (χ4v) is 3.85. The van der Waals surface area contributed by atoms with Crippen LogP contribution in [0, 0.1) is 12.8 Å². The van der Waals surface area contributed by atoms with Gasteiger partial charge in [0.05, 0.1) is 12.0 Å². The van der Waals surface area contributed by atoms with E-state index < -0.39 is 15.9 Å². The van der Waals surface area contributed by atoms with Crippen molar-refractivity contribution in [1.82, 2.24) is 4.72 Å². The number of hydrogen-bond donors (Lipinski definition) is 1. The predicted molar refractivity (Wildman–Crippen MR) is 90.3 cm³/mol. The Bertz CT molecular complexity index is 876. The van der Waals surface area contributed by atoms with E-state index in [1.165, 1.54) is 19.2 Å². The number of benzene rings is 2. The van der Waals surface area contributed by atoms with Crippen molar-refractivity contribution in [3.05, 3.63) is 59.7 Å². The van der Waals surface area contributed by atoms with Gasteiger partial charge in [-0.15, -0.1) is 0 Å². The number of methoxy groups -OCH3 is 1. The molecule has 0 bridgehead atoms. The third-order valence-corrected chi connectivity index (χ3v) is 5.53. The van der Waals surface area contributed by atoms with Crippen LogP contribution in [-0.2, 0) is 14.8 Å². The van der Waals surface area contributed by atoms with Crippen LogP contribution in [0.25, 0.3) is 0 Å². The van der Waals surface area contributed by atoms with Crippen molar-refractivity contribution < 1.29 is 17.9 Å². The summed E-state index contributed by atoms with van der Waals surface area (Å²) in [6, 6.07) is 14.0. The zero-order chi connectivity index (χ0) is 17.3. The third kappa shape index (κ3) is 3.43. The normalized spacial score (nSPS) is 19.6. The number of carbonyl (C=O) groups is 1. The second kappa shape index (κ2) is 6.28. The fourth-order valence-electron chi connectivity index (χ4n) is 2.79. The average molecular weight is 345 g/mol. The number of carbonyl (C=O) groups excluding carboxylic acids is 1. The van der Waals surface area contributed by atoms with Gasteiger partial charge in [-0.1, -0.05) is 35.9 Å². The molecule has 3 rings (SSSR count). The van der Waals surface area contributed by atoms with Gasteiger partial charge >= 0.3 is 0 Å². The van der Waals surface area contributed by atoms with Gasteiger partial charge in [-0.3, -0.25) is 4.79 Å². The molecule has 24 heavy (non-hydrogen) atoms. The second-order valence-corrected chi connectivity index (χ2v) is 7.69. The molecule has 0 heterocycles. The molecule has 0 spiro atoms. The third-order valence-electron chi connectivity index (χ3n) is 4.18. The highest BCUT2D eigenvalue weighted by Gasteiger charge is 2.45. The monoisotopic (exact) mass is 345 g/mol. The molecule has 1 fully saturated rings. The van der Waals surface area contributed by atoms with Crippen molar-refractivity contribution in [2.45, 2.75) is 24.2 Å². The summed E-state index contributed by atoms with van der Waals surface area (Å²) in [5.41, 5.74) is 2.21. The van der Waals surface area contributed by atoms with E-state index >= 15 is 0 Å². The molecule has 6 heteroatoms. The number of nitrogens with one attached hydrogen (secondary N) is 1. The fraction of sp³-hybridized carbons (Fsp3) is 0.278.